The van der Waals surface area contributed by atoms with Gasteiger partial charge in [0.05, 0.1) is 0 Å². The standard InChI is InChI=1S/C16H17BrN2O2/c1-10-3-6-13(18)9-15(10)19-16(20)11(2)21-14-7-4-12(17)5-8-14/h3-9,11H,18H2,1-2H3,(H,19,20). The minimum Gasteiger partial charge on any atom is -0.481 e. The predicted octanol–water partition coefficient (Wildman–Crippen LogP) is 3.75. The molecule has 0 bridgehead atoms. The Morgan fingerprint density at radius 3 is 2.57 bits per heavy atom. The Labute approximate surface area is 132 Å². The molecule has 21 heavy (non-hydrogen) atoms. The molecule has 0 saturated carbocycles. The van der Waals surface area contributed by atoms with E-state index < -0.39 is 6.10 Å². The fourth-order valence-electron chi connectivity index (χ4n) is 1.78. The van der Waals surface area contributed by atoms with Crippen LogP contribution in [-0.2, 0) is 4.79 Å². The van der Waals surface area contributed by atoms with Gasteiger partial charge in [-0.3, -0.25) is 4.79 Å². The summed E-state index contributed by atoms with van der Waals surface area (Å²) in [5.74, 6) is 0.428. The largest absolute Gasteiger partial charge is 0.481 e. The van der Waals surface area contributed by atoms with E-state index in [9.17, 15) is 4.79 Å². The number of hydrogen-bond acceptors (Lipinski definition) is 3. The zero-order valence-electron chi connectivity index (χ0n) is 11.9. The third-order valence-corrected chi connectivity index (χ3v) is 3.54. The number of nitrogens with two attached hydrogens (primary N) is 1. The van der Waals surface area contributed by atoms with Gasteiger partial charge >= 0.3 is 0 Å². The van der Waals surface area contributed by atoms with Crippen molar-refractivity contribution in [3.05, 3.63) is 52.5 Å². The van der Waals surface area contributed by atoms with Crippen LogP contribution in [0.4, 0.5) is 11.4 Å². The van der Waals surface area contributed by atoms with Crippen LogP contribution in [0.5, 0.6) is 5.75 Å². The summed E-state index contributed by atoms with van der Waals surface area (Å²) in [5, 5.41) is 2.83. The number of amides is 1. The molecule has 0 aliphatic carbocycles. The molecular formula is C16H17BrN2O2. The van der Waals surface area contributed by atoms with Crippen LogP contribution in [0, 0.1) is 6.92 Å². The molecule has 1 amide bonds. The fraction of sp³-hybridized carbons (Fsp3) is 0.188. The first kappa shape index (κ1) is 15.4. The van der Waals surface area contributed by atoms with Crippen LogP contribution >= 0.6 is 15.9 Å². The maximum atomic E-state index is 12.2. The Hall–Kier alpha value is -2.01. The molecule has 0 aromatic heterocycles. The molecule has 0 radical (unpaired) electrons. The number of rotatable bonds is 4. The van der Waals surface area contributed by atoms with Gasteiger partial charge in [-0.15, -0.1) is 0 Å². The van der Waals surface area contributed by atoms with E-state index in [1.165, 1.54) is 0 Å². The Bertz CT molecular complexity index is 641. The van der Waals surface area contributed by atoms with E-state index in [1.54, 1.807) is 31.2 Å². The van der Waals surface area contributed by atoms with E-state index in [0.717, 1.165) is 10.0 Å². The van der Waals surface area contributed by atoms with Crippen LogP contribution in [0.25, 0.3) is 0 Å². The van der Waals surface area contributed by atoms with Crippen molar-refractivity contribution in [3.8, 4) is 5.75 Å². The molecule has 2 rings (SSSR count). The second-order valence-electron chi connectivity index (χ2n) is 4.78. The predicted molar refractivity (Wildman–Crippen MR) is 88.5 cm³/mol. The lowest BCUT2D eigenvalue weighted by molar-refractivity contribution is -0.122. The smallest absolute Gasteiger partial charge is 0.265 e. The SMILES string of the molecule is Cc1ccc(N)cc1NC(=O)C(C)Oc1ccc(Br)cc1. The Kier molecular flexibility index (Phi) is 4.85. The lowest BCUT2D eigenvalue weighted by Gasteiger charge is -2.16. The molecule has 0 heterocycles. The van der Waals surface area contributed by atoms with Crippen LogP contribution in [0.1, 0.15) is 12.5 Å². The van der Waals surface area contributed by atoms with Crippen molar-refractivity contribution in [2.45, 2.75) is 20.0 Å². The van der Waals surface area contributed by atoms with Crippen LogP contribution in [0.3, 0.4) is 0 Å². The molecule has 0 saturated heterocycles. The van der Waals surface area contributed by atoms with Crippen LogP contribution in [0.2, 0.25) is 0 Å². The minimum absolute atomic E-state index is 0.216. The quantitative estimate of drug-likeness (QED) is 0.827. The first-order valence-electron chi connectivity index (χ1n) is 6.55. The summed E-state index contributed by atoms with van der Waals surface area (Å²) in [7, 11) is 0. The van der Waals surface area contributed by atoms with Gasteiger partial charge in [-0.25, -0.2) is 0 Å². The van der Waals surface area contributed by atoms with Crippen molar-refractivity contribution in [1.82, 2.24) is 0 Å². The lowest BCUT2D eigenvalue weighted by atomic mass is 10.1. The zero-order chi connectivity index (χ0) is 15.4. The third-order valence-electron chi connectivity index (χ3n) is 3.02. The minimum atomic E-state index is -0.605. The highest BCUT2D eigenvalue weighted by molar-refractivity contribution is 9.10. The molecular weight excluding hydrogens is 332 g/mol. The van der Waals surface area contributed by atoms with Crippen molar-refractivity contribution < 1.29 is 9.53 Å². The van der Waals surface area contributed by atoms with Crippen LogP contribution < -0.4 is 15.8 Å². The van der Waals surface area contributed by atoms with Gasteiger partial charge in [-0.05, 0) is 55.8 Å². The number of benzene rings is 2. The van der Waals surface area contributed by atoms with Gasteiger partial charge in [0.1, 0.15) is 5.75 Å². The molecule has 0 fully saturated rings. The summed E-state index contributed by atoms with van der Waals surface area (Å²) in [6.07, 6.45) is -0.605. The number of hydrogen-bond donors (Lipinski definition) is 2. The van der Waals surface area contributed by atoms with Crippen LogP contribution in [0.15, 0.2) is 46.9 Å². The van der Waals surface area contributed by atoms with Crippen molar-refractivity contribution in [3.63, 3.8) is 0 Å². The molecule has 3 N–H and O–H groups in total. The molecule has 4 nitrogen and oxygen atoms in total. The zero-order valence-corrected chi connectivity index (χ0v) is 13.5. The number of aryl methyl sites for hydroxylation is 1. The van der Waals surface area contributed by atoms with E-state index in [0.29, 0.717) is 17.1 Å². The van der Waals surface area contributed by atoms with E-state index >= 15 is 0 Å². The molecule has 0 aliphatic rings. The molecule has 0 spiro atoms. The first-order chi connectivity index (χ1) is 9.95. The van der Waals surface area contributed by atoms with Gasteiger partial charge in [-0.1, -0.05) is 22.0 Å². The van der Waals surface area contributed by atoms with Gasteiger partial charge in [-0.2, -0.15) is 0 Å². The number of nitrogen functional groups attached to an aromatic ring is 1. The number of halogens is 1. The highest BCUT2D eigenvalue weighted by atomic mass is 79.9. The highest BCUT2D eigenvalue weighted by Gasteiger charge is 2.15. The number of carbonyl (C=O) groups is 1. The summed E-state index contributed by atoms with van der Waals surface area (Å²) in [6.45, 7) is 3.62. The van der Waals surface area contributed by atoms with Gasteiger partial charge < -0.3 is 15.8 Å². The van der Waals surface area contributed by atoms with Crippen molar-refractivity contribution >= 4 is 33.2 Å². The first-order valence-corrected chi connectivity index (χ1v) is 7.34. The van der Waals surface area contributed by atoms with E-state index in [1.807, 2.05) is 25.1 Å². The number of nitrogens with one attached hydrogen (secondary N) is 1. The highest BCUT2D eigenvalue weighted by Crippen LogP contribution is 2.20. The number of anilines is 2. The Morgan fingerprint density at radius 1 is 1.24 bits per heavy atom. The summed E-state index contributed by atoms with van der Waals surface area (Å²) in [6, 6.07) is 12.7. The van der Waals surface area contributed by atoms with Crippen LogP contribution in [-0.4, -0.2) is 12.0 Å². The van der Waals surface area contributed by atoms with Gasteiger partial charge in [0, 0.05) is 15.8 Å². The summed E-state index contributed by atoms with van der Waals surface area (Å²) < 4.78 is 6.57. The fourth-order valence-corrected chi connectivity index (χ4v) is 2.04. The molecule has 2 aromatic carbocycles. The Morgan fingerprint density at radius 2 is 1.90 bits per heavy atom. The average Bonchev–Trinajstić information content (AvgIpc) is 2.45. The summed E-state index contributed by atoms with van der Waals surface area (Å²) >= 11 is 3.35. The van der Waals surface area contributed by atoms with Gasteiger partial charge in [0.25, 0.3) is 5.91 Å². The number of ether oxygens (including phenoxy) is 1. The molecule has 5 heteroatoms. The second-order valence-corrected chi connectivity index (χ2v) is 5.69. The number of carbonyl (C=O) groups excluding carboxylic acids is 1. The molecule has 2 aromatic rings. The monoisotopic (exact) mass is 348 g/mol. The normalized spacial score (nSPS) is 11.8. The van der Waals surface area contributed by atoms with E-state index in [2.05, 4.69) is 21.2 Å². The van der Waals surface area contributed by atoms with Gasteiger partial charge in [0.15, 0.2) is 6.10 Å². The topological polar surface area (TPSA) is 64.3 Å². The summed E-state index contributed by atoms with van der Waals surface area (Å²) in [5.41, 5.74) is 7.99. The molecule has 1 atom stereocenters. The Balaban J connectivity index is 2.02. The maximum Gasteiger partial charge on any atom is 0.265 e. The second kappa shape index (κ2) is 6.63. The molecule has 1 unspecified atom stereocenters. The summed E-state index contributed by atoms with van der Waals surface area (Å²) in [4.78, 5) is 12.2. The van der Waals surface area contributed by atoms with E-state index in [4.69, 9.17) is 10.5 Å². The van der Waals surface area contributed by atoms with E-state index in [-0.39, 0.29) is 5.91 Å². The maximum absolute atomic E-state index is 12.2. The van der Waals surface area contributed by atoms with Crippen molar-refractivity contribution in [2.75, 3.05) is 11.1 Å². The van der Waals surface area contributed by atoms with Gasteiger partial charge in [0.2, 0.25) is 0 Å². The molecule has 0 aliphatic heterocycles. The third kappa shape index (κ3) is 4.23. The lowest BCUT2D eigenvalue weighted by Crippen LogP contribution is -2.30. The van der Waals surface area contributed by atoms with Crippen molar-refractivity contribution in [1.29, 1.82) is 0 Å². The molecule has 110 valence electrons. The van der Waals surface area contributed by atoms with Crippen molar-refractivity contribution in [2.24, 2.45) is 0 Å². The average molecular weight is 349 g/mol.